The van der Waals surface area contributed by atoms with Crippen LogP contribution in [-0.2, 0) is 5.41 Å². The summed E-state index contributed by atoms with van der Waals surface area (Å²) in [6.45, 7) is 4.77. The zero-order chi connectivity index (χ0) is 39.7. The monoisotopic (exact) mass is 767 g/mol. The normalized spacial score (nSPS) is 13.3. The van der Waals surface area contributed by atoms with Crippen molar-refractivity contribution in [1.29, 1.82) is 0 Å². The predicted molar refractivity (Wildman–Crippen MR) is 249 cm³/mol. The fourth-order valence-corrected chi connectivity index (χ4v) is 10.4. The first kappa shape index (κ1) is 33.4. The van der Waals surface area contributed by atoms with Crippen LogP contribution in [0.5, 0.6) is 0 Å². The average molecular weight is 768 g/mol. The van der Waals surface area contributed by atoms with Crippen molar-refractivity contribution < 1.29 is 8.83 Å². The van der Waals surface area contributed by atoms with Gasteiger partial charge in [0.2, 0.25) is 0 Å². The van der Waals surface area contributed by atoms with Gasteiger partial charge in [-0.3, -0.25) is 0 Å². The molecule has 3 heterocycles. The van der Waals surface area contributed by atoms with Crippen LogP contribution in [0.1, 0.15) is 25.0 Å². The van der Waals surface area contributed by atoms with Gasteiger partial charge in [-0.05, 0) is 110 Å². The lowest BCUT2D eigenvalue weighted by Gasteiger charge is -2.25. The van der Waals surface area contributed by atoms with Gasteiger partial charge in [0.05, 0.1) is 16.7 Å². The van der Waals surface area contributed by atoms with E-state index >= 15 is 0 Å². The van der Waals surface area contributed by atoms with E-state index in [-0.39, 0.29) is 5.41 Å². The minimum absolute atomic E-state index is 0.229. The molecule has 0 radical (unpaired) electrons. The van der Waals surface area contributed by atoms with Crippen molar-refractivity contribution in [3.8, 4) is 50.2 Å². The minimum Gasteiger partial charge on any atom is -0.456 e. The molecule has 0 unspecified atom stereocenters. The quantitative estimate of drug-likeness (QED) is 0.179. The van der Waals surface area contributed by atoms with Crippen LogP contribution in [0.3, 0.4) is 0 Å². The maximum absolute atomic E-state index is 6.79. The summed E-state index contributed by atoms with van der Waals surface area (Å²) in [5, 5.41) is 6.95. The summed E-state index contributed by atoms with van der Waals surface area (Å²) in [6, 6.07) is 68.2. The number of para-hydroxylation sites is 3. The van der Waals surface area contributed by atoms with Gasteiger partial charge in [-0.15, -0.1) is 0 Å². The van der Waals surface area contributed by atoms with Gasteiger partial charge in [0, 0.05) is 43.8 Å². The van der Waals surface area contributed by atoms with E-state index in [1.165, 1.54) is 60.8 Å². The molecule has 60 heavy (non-hydrogen) atoms. The molecule has 0 aliphatic heterocycles. The van der Waals surface area contributed by atoms with Crippen molar-refractivity contribution in [2.75, 3.05) is 0 Å². The Balaban J connectivity index is 1.04. The Labute approximate surface area is 346 Å². The van der Waals surface area contributed by atoms with E-state index in [0.29, 0.717) is 0 Å². The lowest BCUT2D eigenvalue weighted by atomic mass is 9.78. The van der Waals surface area contributed by atoms with Crippen LogP contribution < -0.4 is 0 Å². The van der Waals surface area contributed by atoms with Crippen molar-refractivity contribution in [3.63, 3.8) is 0 Å². The number of nitrogens with zero attached hydrogens (tertiary/aromatic N) is 1. The van der Waals surface area contributed by atoms with Crippen molar-refractivity contribution >= 4 is 65.7 Å². The molecule has 3 nitrogen and oxygen atoms in total. The Hall–Kier alpha value is -7.62. The molecule has 0 bridgehead atoms. The summed E-state index contributed by atoms with van der Waals surface area (Å²) < 4.78 is 15.4. The molecule has 0 saturated heterocycles. The molecule has 0 spiro atoms. The topological polar surface area (TPSA) is 31.2 Å². The number of benzene rings is 9. The lowest BCUT2D eigenvalue weighted by Crippen LogP contribution is -2.16. The summed E-state index contributed by atoms with van der Waals surface area (Å²) in [6.07, 6.45) is 0. The Morgan fingerprint density at radius 2 is 0.967 bits per heavy atom. The summed E-state index contributed by atoms with van der Waals surface area (Å²) in [5.41, 5.74) is 19.2. The first-order valence-corrected chi connectivity index (χ1v) is 20.7. The van der Waals surface area contributed by atoms with Crippen LogP contribution in [0.2, 0.25) is 0 Å². The molecular weight excluding hydrogens is 731 g/mol. The van der Waals surface area contributed by atoms with Gasteiger partial charge < -0.3 is 13.4 Å². The van der Waals surface area contributed by atoms with Crippen molar-refractivity contribution in [2.24, 2.45) is 0 Å². The van der Waals surface area contributed by atoms with E-state index in [4.69, 9.17) is 8.83 Å². The van der Waals surface area contributed by atoms with Gasteiger partial charge in [0.25, 0.3) is 0 Å². The molecule has 0 atom stereocenters. The van der Waals surface area contributed by atoms with Crippen LogP contribution in [0.4, 0.5) is 0 Å². The van der Waals surface area contributed by atoms with Crippen LogP contribution in [0.15, 0.2) is 197 Å². The van der Waals surface area contributed by atoms with Crippen LogP contribution >= 0.6 is 0 Å². The van der Waals surface area contributed by atoms with E-state index in [1.54, 1.807) is 0 Å². The van der Waals surface area contributed by atoms with E-state index < -0.39 is 0 Å². The van der Waals surface area contributed by atoms with Crippen LogP contribution in [-0.4, -0.2) is 4.57 Å². The first-order chi connectivity index (χ1) is 29.5. The van der Waals surface area contributed by atoms with Gasteiger partial charge in [-0.1, -0.05) is 141 Å². The largest absolute Gasteiger partial charge is 0.456 e. The third-order valence-electron chi connectivity index (χ3n) is 13.2. The molecule has 1 aliphatic carbocycles. The highest BCUT2D eigenvalue weighted by Crippen LogP contribution is 2.54. The summed E-state index contributed by atoms with van der Waals surface area (Å²) in [7, 11) is 0. The predicted octanol–water partition coefficient (Wildman–Crippen LogP) is 15.9. The second-order valence-electron chi connectivity index (χ2n) is 16.8. The van der Waals surface area contributed by atoms with E-state index in [1.807, 2.05) is 12.1 Å². The zero-order valence-electron chi connectivity index (χ0n) is 33.2. The van der Waals surface area contributed by atoms with E-state index in [2.05, 4.69) is 194 Å². The number of hydrogen-bond donors (Lipinski definition) is 0. The van der Waals surface area contributed by atoms with Gasteiger partial charge in [-0.25, -0.2) is 0 Å². The lowest BCUT2D eigenvalue weighted by molar-refractivity contribution is 0.662. The van der Waals surface area contributed by atoms with Gasteiger partial charge >= 0.3 is 0 Å². The molecule has 0 amide bonds. The number of furan rings is 2. The Morgan fingerprint density at radius 3 is 1.80 bits per heavy atom. The molecule has 9 aromatic carbocycles. The number of fused-ring (bicyclic) bond motifs is 12. The fourth-order valence-electron chi connectivity index (χ4n) is 10.4. The van der Waals surface area contributed by atoms with Crippen LogP contribution in [0, 0.1) is 0 Å². The highest BCUT2D eigenvalue weighted by molar-refractivity contribution is 6.16. The van der Waals surface area contributed by atoms with E-state index in [9.17, 15) is 0 Å². The Kier molecular flexibility index (Phi) is 6.78. The van der Waals surface area contributed by atoms with Gasteiger partial charge in [-0.2, -0.15) is 0 Å². The Morgan fingerprint density at radius 1 is 0.367 bits per heavy atom. The van der Waals surface area contributed by atoms with Gasteiger partial charge in [0.15, 0.2) is 0 Å². The minimum atomic E-state index is -0.229. The molecular formula is C57H37NO2. The summed E-state index contributed by atoms with van der Waals surface area (Å²) >= 11 is 0. The maximum Gasteiger partial charge on any atom is 0.138 e. The third-order valence-corrected chi connectivity index (χ3v) is 13.2. The first-order valence-electron chi connectivity index (χ1n) is 20.7. The van der Waals surface area contributed by atoms with Crippen LogP contribution in [0.25, 0.3) is 116 Å². The Bertz CT molecular complexity index is 3740. The number of aromatic nitrogens is 1. The standard InChI is InChI=1S/C57H37NO2/c1-57(2)48-26-23-35(34-13-4-3-5-14-34)29-44(48)41-18-12-19-42(56(41)57)47-32-38(33-54-55(47)43-17-8-11-22-52(43)60-54)58-49-20-9-6-15-39(49)45-30-36(24-27-50(45)58)37-25-28-53-46(31-37)40-16-7-10-21-51(40)59-53/h3-33H,1-2H3. The van der Waals surface area contributed by atoms with Crippen molar-refractivity contribution in [3.05, 3.63) is 199 Å². The molecule has 3 aromatic heterocycles. The maximum atomic E-state index is 6.79. The molecule has 3 heteroatoms. The van der Waals surface area contributed by atoms with Crippen molar-refractivity contribution in [1.82, 2.24) is 4.57 Å². The van der Waals surface area contributed by atoms with E-state index in [0.717, 1.165) is 66.2 Å². The summed E-state index contributed by atoms with van der Waals surface area (Å²) in [5.74, 6) is 0. The second-order valence-corrected chi connectivity index (χ2v) is 16.8. The summed E-state index contributed by atoms with van der Waals surface area (Å²) in [4.78, 5) is 0. The zero-order valence-corrected chi connectivity index (χ0v) is 33.2. The SMILES string of the molecule is CC1(C)c2ccc(-c3ccccc3)cc2-c2cccc(-c3cc(-n4c5ccccc5c5cc(-c6ccc7oc8ccccc8c7c6)ccc54)cc4oc5ccccc5c34)c21. The molecule has 12 aromatic rings. The van der Waals surface area contributed by atoms with Crippen molar-refractivity contribution in [2.45, 2.75) is 19.3 Å². The molecule has 1 aliphatic rings. The molecule has 282 valence electrons. The highest BCUT2D eigenvalue weighted by atomic mass is 16.3. The second kappa shape index (κ2) is 12.2. The number of hydrogen-bond acceptors (Lipinski definition) is 2. The average Bonchev–Trinajstić information content (AvgIpc) is 4.02. The fraction of sp³-hybridized carbons (Fsp3) is 0.0526. The third kappa shape index (κ3) is 4.66. The highest BCUT2D eigenvalue weighted by Gasteiger charge is 2.38. The number of rotatable bonds is 4. The smallest absolute Gasteiger partial charge is 0.138 e. The molecule has 13 rings (SSSR count). The molecule has 0 saturated carbocycles. The molecule has 0 fully saturated rings. The van der Waals surface area contributed by atoms with Gasteiger partial charge in [0.1, 0.15) is 22.3 Å². The molecule has 0 N–H and O–H groups in total.